The van der Waals surface area contributed by atoms with Crippen LogP contribution in [0, 0.1) is 0 Å². The van der Waals surface area contributed by atoms with Crippen molar-refractivity contribution in [3.8, 4) is 0 Å². The number of hydrogen-bond donors (Lipinski definition) is 2. The van der Waals surface area contributed by atoms with Crippen molar-refractivity contribution >= 4 is 0 Å². The molecule has 2 unspecified atom stereocenters. The molecule has 0 aliphatic rings. The standard InChI is InChI=1S/C14H26O4/c1-7-11(15)14(5,6)17-10-9-13(3,4)18-12(16)8-2/h7-8,11-12,15-16H,1-2,9-10H2,3-6H3. The average Bonchev–Trinajstić information content (AvgIpc) is 2.26. The molecule has 0 spiro atoms. The summed E-state index contributed by atoms with van der Waals surface area (Å²) in [6.45, 7) is 14.7. The van der Waals surface area contributed by atoms with Gasteiger partial charge in [-0.25, -0.2) is 0 Å². The third kappa shape index (κ3) is 6.31. The second-order valence-electron chi connectivity index (χ2n) is 5.39. The number of aliphatic hydroxyl groups is 2. The molecule has 0 radical (unpaired) electrons. The van der Waals surface area contributed by atoms with Crippen LogP contribution in [0.15, 0.2) is 25.3 Å². The molecule has 0 saturated heterocycles. The molecule has 0 aliphatic carbocycles. The van der Waals surface area contributed by atoms with Crippen LogP contribution in [0.4, 0.5) is 0 Å². The fourth-order valence-corrected chi connectivity index (χ4v) is 1.36. The molecule has 4 heteroatoms. The molecular weight excluding hydrogens is 232 g/mol. The quantitative estimate of drug-likeness (QED) is 0.491. The summed E-state index contributed by atoms with van der Waals surface area (Å²) in [5.41, 5.74) is -1.21. The predicted octanol–water partition coefficient (Wildman–Crippen LogP) is 2.02. The van der Waals surface area contributed by atoms with E-state index in [9.17, 15) is 10.2 Å². The highest BCUT2D eigenvalue weighted by molar-refractivity contribution is 4.92. The zero-order chi connectivity index (χ0) is 14.4. The highest BCUT2D eigenvalue weighted by Crippen LogP contribution is 2.21. The van der Waals surface area contributed by atoms with Crippen LogP contribution in [0.5, 0.6) is 0 Å². The fraction of sp³-hybridized carbons (Fsp3) is 0.714. The summed E-state index contributed by atoms with van der Waals surface area (Å²) < 4.78 is 11.0. The molecule has 0 aromatic heterocycles. The zero-order valence-corrected chi connectivity index (χ0v) is 11.8. The van der Waals surface area contributed by atoms with Crippen molar-refractivity contribution in [1.82, 2.24) is 0 Å². The normalized spacial score (nSPS) is 16.1. The lowest BCUT2D eigenvalue weighted by molar-refractivity contribution is -0.162. The number of aliphatic hydroxyl groups excluding tert-OH is 2. The molecule has 0 aromatic carbocycles. The minimum Gasteiger partial charge on any atom is -0.386 e. The van der Waals surface area contributed by atoms with Crippen LogP contribution >= 0.6 is 0 Å². The average molecular weight is 258 g/mol. The largest absolute Gasteiger partial charge is 0.386 e. The number of rotatable bonds is 9. The van der Waals surface area contributed by atoms with Crippen LogP contribution in [-0.4, -0.2) is 40.4 Å². The monoisotopic (exact) mass is 258 g/mol. The molecular formula is C14H26O4. The Morgan fingerprint density at radius 3 is 2.11 bits per heavy atom. The fourth-order valence-electron chi connectivity index (χ4n) is 1.36. The van der Waals surface area contributed by atoms with E-state index in [4.69, 9.17) is 9.47 Å². The van der Waals surface area contributed by atoms with Gasteiger partial charge in [-0.2, -0.15) is 0 Å². The third-order valence-electron chi connectivity index (χ3n) is 2.76. The summed E-state index contributed by atoms with van der Waals surface area (Å²) in [6, 6.07) is 0. The van der Waals surface area contributed by atoms with Gasteiger partial charge in [0, 0.05) is 0 Å². The lowest BCUT2D eigenvalue weighted by atomic mass is 10.0. The van der Waals surface area contributed by atoms with E-state index < -0.39 is 23.6 Å². The summed E-state index contributed by atoms with van der Waals surface area (Å²) in [5, 5.41) is 19.0. The van der Waals surface area contributed by atoms with Gasteiger partial charge in [0.15, 0.2) is 6.29 Å². The first-order valence-electron chi connectivity index (χ1n) is 6.07. The minimum atomic E-state index is -0.980. The van der Waals surface area contributed by atoms with E-state index in [1.165, 1.54) is 12.2 Å². The maximum atomic E-state index is 9.67. The Hall–Kier alpha value is -0.680. The van der Waals surface area contributed by atoms with Crippen molar-refractivity contribution in [2.24, 2.45) is 0 Å². The lowest BCUT2D eigenvalue weighted by Crippen LogP contribution is -2.39. The van der Waals surface area contributed by atoms with Crippen LogP contribution < -0.4 is 0 Å². The van der Waals surface area contributed by atoms with E-state index in [-0.39, 0.29) is 0 Å². The summed E-state index contributed by atoms with van der Waals surface area (Å²) in [5.74, 6) is 0. The van der Waals surface area contributed by atoms with Gasteiger partial charge in [-0.15, -0.1) is 6.58 Å². The van der Waals surface area contributed by atoms with E-state index in [2.05, 4.69) is 13.2 Å². The molecule has 0 saturated carbocycles. The first kappa shape index (κ1) is 17.3. The van der Waals surface area contributed by atoms with Crippen molar-refractivity contribution in [3.05, 3.63) is 25.3 Å². The maximum absolute atomic E-state index is 9.67. The molecule has 0 heterocycles. The van der Waals surface area contributed by atoms with E-state index in [1.54, 1.807) is 13.8 Å². The Morgan fingerprint density at radius 1 is 1.11 bits per heavy atom. The van der Waals surface area contributed by atoms with Crippen molar-refractivity contribution < 1.29 is 19.7 Å². The van der Waals surface area contributed by atoms with Crippen LogP contribution in [0.3, 0.4) is 0 Å². The topological polar surface area (TPSA) is 58.9 Å². The van der Waals surface area contributed by atoms with E-state index >= 15 is 0 Å². The van der Waals surface area contributed by atoms with Crippen LogP contribution in [0.2, 0.25) is 0 Å². The van der Waals surface area contributed by atoms with Gasteiger partial charge in [0.25, 0.3) is 0 Å². The number of ether oxygens (including phenoxy) is 2. The minimum absolute atomic E-state index is 0.411. The maximum Gasteiger partial charge on any atom is 0.174 e. The Labute approximate surface area is 110 Å². The van der Waals surface area contributed by atoms with Gasteiger partial charge in [0.05, 0.1) is 17.8 Å². The molecule has 0 amide bonds. The van der Waals surface area contributed by atoms with Crippen molar-refractivity contribution in [1.29, 1.82) is 0 Å². The molecule has 18 heavy (non-hydrogen) atoms. The van der Waals surface area contributed by atoms with Crippen LogP contribution in [0.1, 0.15) is 34.1 Å². The smallest absolute Gasteiger partial charge is 0.174 e. The molecule has 0 bridgehead atoms. The van der Waals surface area contributed by atoms with Crippen LogP contribution in [-0.2, 0) is 9.47 Å². The van der Waals surface area contributed by atoms with Gasteiger partial charge in [0.2, 0.25) is 0 Å². The molecule has 4 nitrogen and oxygen atoms in total. The van der Waals surface area contributed by atoms with E-state index in [0.717, 1.165) is 0 Å². The molecule has 2 atom stereocenters. The number of hydrogen-bond acceptors (Lipinski definition) is 4. The highest BCUT2D eigenvalue weighted by atomic mass is 16.6. The molecule has 106 valence electrons. The second-order valence-corrected chi connectivity index (χ2v) is 5.39. The van der Waals surface area contributed by atoms with E-state index in [0.29, 0.717) is 13.0 Å². The summed E-state index contributed by atoms with van der Waals surface area (Å²) in [4.78, 5) is 0. The molecule has 0 fully saturated rings. The van der Waals surface area contributed by atoms with E-state index in [1.807, 2.05) is 13.8 Å². The van der Waals surface area contributed by atoms with Crippen LogP contribution in [0.25, 0.3) is 0 Å². The Bertz CT molecular complexity index is 271. The SMILES string of the molecule is C=CC(O)OC(C)(C)CCOC(C)(C)C(O)C=C. The van der Waals surface area contributed by atoms with Gasteiger partial charge in [-0.3, -0.25) is 0 Å². The predicted molar refractivity (Wildman–Crippen MR) is 72.2 cm³/mol. The third-order valence-corrected chi connectivity index (χ3v) is 2.76. The zero-order valence-electron chi connectivity index (χ0n) is 11.8. The lowest BCUT2D eigenvalue weighted by Gasteiger charge is -2.32. The molecule has 0 aliphatic heterocycles. The van der Waals surface area contributed by atoms with Gasteiger partial charge in [-0.1, -0.05) is 12.7 Å². The first-order valence-corrected chi connectivity index (χ1v) is 6.07. The molecule has 0 rings (SSSR count). The Kier molecular flexibility index (Phi) is 6.78. The van der Waals surface area contributed by atoms with Gasteiger partial charge in [-0.05, 0) is 40.2 Å². The molecule has 0 aromatic rings. The second kappa shape index (κ2) is 7.04. The Balaban J connectivity index is 4.17. The van der Waals surface area contributed by atoms with Crippen molar-refractivity contribution in [2.45, 2.75) is 57.7 Å². The summed E-state index contributed by atoms with van der Waals surface area (Å²) in [6.07, 6.45) is 1.66. The van der Waals surface area contributed by atoms with Gasteiger partial charge < -0.3 is 19.7 Å². The molecule has 2 N–H and O–H groups in total. The highest BCUT2D eigenvalue weighted by Gasteiger charge is 2.28. The van der Waals surface area contributed by atoms with Gasteiger partial charge >= 0.3 is 0 Å². The Morgan fingerprint density at radius 2 is 1.67 bits per heavy atom. The first-order chi connectivity index (χ1) is 8.14. The van der Waals surface area contributed by atoms with Crippen molar-refractivity contribution in [2.75, 3.05) is 6.61 Å². The summed E-state index contributed by atoms with van der Waals surface area (Å²) >= 11 is 0. The van der Waals surface area contributed by atoms with Crippen molar-refractivity contribution in [3.63, 3.8) is 0 Å². The van der Waals surface area contributed by atoms with Gasteiger partial charge in [0.1, 0.15) is 6.10 Å². The summed E-state index contributed by atoms with van der Waals surface area (Å²) in [7, 11) is 0.